The van der Waals surface area contributed by atoms with Crippen LogP contribution < -0.4 is 0 Å². The maximum Gasteiger partial charge on any atom is 0.352 e. The lowest BCUT2D eigenvalue weighted by Crippen LogP contribution is -2.00. The summed E-state index contributed by atoms with van der Waals surface area (Å²) >= 11 is 0. The highest BCUT2D eigenvalue weighted by Gasteiger charge is 2.10. The first-order valence-electron chi connectivity index (χ1n) is 7.65. The molecular weight excluding hydrogens is 304 g/mol. The van der Waals surface area contributed by atoms with Gasteiger partial charge in [0.2, 0.25) is 0 Å². The van der Waals surface area contributed by atoms with Gasteiger partial charge in [0.15, 0.2) is 5.65 Å². The van der Waals surface area contributed by atoms with Crippen molar-refractivity contribution in [3.8, 4) is 0 Å². The first kappa shape index (κ1) is 14.4. The van der Waals surface area contributed by atoms with Crippen LogP contribution in [-0.2, 0) is 6.54 Å². The number of aromatic nitrogens is 4. The Balaban J connectivity index is 1.75. The van der Waals surface area contributed by atoms with Crippen molar-refractivity contribution in [1.82, 2.24) is 19.5 Å². The van der Waals surface area contributed by atoms with Gasteiger partial charge in [0.25, 0.3) is 0 Å². The van der Waals surface area contributed by atoms with E-state index in [1.165, 1.54) is 0 Å². The largest absolute Gasteiger partial charge is 0.477 e. The maximum absolute atomic E-state index is 11.1. The van der Waals surface area contributed by atoms with E-state index in [9.17, 15) is 4.79 Å². The minimum Gasteiger partial charge on any atom is -0.477 e. The number of imidazole rings is 1. The monoisotopic (exact) mass is 320 g/mol. The van der Waals surface area contributed by atoms with Crippen molar-refractivity contribution >= 4 is 28.0 Å². The average Bonchev–Trinajstić information content (AvgIpc) is 3.11. The Hall–Kier alpha value is -3.15. The number of carboxylic acid groups (broad SMARTS) is 1. The van der Waals surface area contributed by atoms with Gasteiger partial charge in [0.05, 0.1) is 12.9 Å². The normalized spacial score (nSPS) is 11.4. The molecule has 0 amide bonds. The van der Waals surface area contributed by atoms with Gasteiger partial charge < -0.3 is 14.7 Å². The zero-order valence-electron chi connectivity index (χ0n) is 13.4. The summed E-state index contributed by atoms with van der Waals surface area (Å²) in [6.45, 7) is 4.65. The Morgan fingerprint density at radius 1 is 1.25 bits per heavy atom. The van der Waals surface area contributed by atoms with Gasteiger partial charge in [0, 0.05) is 16.6 Å². The highest BCUT2D eigenvalue weighted by molar-refractivity contribution is 5.93. The molecule has 4 aromatic rings. The van der Waals surface area contributed by atoms with Crippen LogP contribution in [0.4, 0.5) is 0 Å². The number of aromatic carboxylic acids is 1. The number of fused-ring (bicyclic) bond motifs is 2. The van der Waals surface area contributed by atoms with Gasteiger partial charge in [-0.05, 0) is 49.2 Å². The molecule has 0 unspecified atom stereocenters. The van der Waals surface area contributed by atoms with Gasteiger partial charge in [-0.1, -0.05) is 6.07 Å². The predicted molar refractivity (Wildman–Crippen MR) is 91.4 cm³/mol. The molecule has 24 heavy (non-hydrogen) atoms. The summed E-state index contributed by atoms with van der Waals surface area (Å²) in [7, 11) is 0. The lowest BCUT2D eigenvalue weighted by molar-refractivity contribution is 0.0691. The number of H-pyrrole nitrogens is 1. The molecule has 120 valence electrons. The smallest absolute Gasteiger partial charge is 0.352 e. The molecule has 0 atom stereocenters. The topological polar surface area (TPSA) is 83.8 Å². The van der Waals surface area contributed by atoms with E-state index in [1.807, 2.05) is 42.7 Å². The van der Waals surface area contributed by atoms with Crippen LogP contribution in [0.25, 0.3) is 22.1 Å². The van der Waals surface area contributed by atoms with Crippen LogP contribution in [0.15, 0.2) is 36.7 Å². The SMILES string of the molecule is Cc1cc(C)c2ncn(Cc3ccc4[nH]c(C(=O)O)cc4c3)c2n1. The third kappa shape index (κ3) is 2.32. The molecule has 0 aliphatic rings. The van der Waals surface area contributed by atoms with Gasteiger partial charge in [-0.3, -0.25) is 0 Å². The van der Waals surface area contributed by atoms with Crippen LogP contribution in [-0.4, -0.2) is 30.6 Å². The molecule has 0 aliphatic heterocycles. The Kier molecular flexibility index (Phi) is 3.13. The van der Waals surface area contributed by atoms with Crippen molar-refractivity contribution in [2.75, 3.05) is 0 Å². The van der Waals surface area contributed by atoms with Crippen molar-refractivity contribution in [2.24, 2.45) is 0 Å². The van der Waals surface area contributed by atoms with Crippen LogP contribution in [0, 0.1) is 13.8 Å². The van der Waals surface area contributed by atoms with E-state index in [-0.39, 0.29) is 5.69 Å². The zero-order valence-corrected chi connectivity index (χ0v) is 13.4. The first-order valence-corrected chi connectivity index (χ1v) is 7.65. The third-order valence-corrected chi connectivity index (χ3v) is 4.16. The second-order valence-corrected chi connectivity index (χ2v) is 6.03. The van der Waals surface area contributed by atoms with Gasteiger partial charge in [0.1, 0.15) is 11.2 Å². The molecule has 2 N–H and O–H groups in total. The van der Waals surface area contributed by atoms with Gasteiger partial charge in [-0.2, -0.15) is 0 Å². The quantitative estimate of drug-likeness (QED) is 0.607. The van der Waals surface area contributed by atoms with Crippen LogP contribution in [0.1, 0.15) is 27.3 Å². The molecule has 6 heteroatoms. The van der Waals surface area contributed by atoms with E-state index >= 15 is 0 Å². The van der Waals surface area contributed by atoms with E-state index in [4.69, 9.17) is 5.11 Å². The first-order chi connectivity index (χ1) is 11.5. The fourth-order valence-electron chi connectivity index (χ4n) is 3.06. The molecule has 0 fully saturated rings. The van der Waals surface area contributed by atoms with Crippen molar-refractivity contribution in [3.05, 3.63) is 59.2 Å². The number of nitrogens with zero attached hydrogens (tertiary/aromatic N) is 3. The lowest BCUT2D eigenvalue weighted by Gasteiger charge is -2.05. The molecule has 0 radical (unpaired) electrons. The van der Waals surface area contributed by atoms with Crippen molar-refractivity contribution < 1.29 is 9.90 Å². The van der Waals surface area contributed by atoms with Gasteiger partial charge in [-0.25, -0.2) is 14.8 Å². The molecule has 0 spiro atoms. The average molecular weight is 320 g/mol. The number of pyridine rings is 1. The number of hydrogen-bond donors (Lipinski definition) is 2. The van der Waals surface area contributed by atoms with Gasteiger partial charge >= 0.3 is 5.97 Å². The lowest BCUT2D eigenvalue weighted by atomic mass is 10.1. The number of nitrogens with one attached hydrogen (secondary N) is 1. The van der Waals surface area contributed by atoms with E-state index in [0.717, 1.165) is 38.9 Å². The van der Waals surface area contributed by atoms with Crippen LogP contribution in [0.2, 0.25) is 0 Å². The standard InChI is InChI=1S/C18H16N4O2/c1-10-5-11(2)20-17-16(10)19-9-22(17)8-12-3-4-14-13(6-12)7-15(21-14)18(23)24/h3-7,9,21H,8H2,1-2H3,(H,23,24). The van der Waals surface area contributed by atoms with Crippen molar-refractivity contribution in [2.45, 2.75) is 20.4 Å². The summed E-state index contributed by atoms with van der Waals surface area (Å²) in [5, 5.41) is 9.96. The highest BCUT2D eigenvalue weighted by atomic mass is 16.4. The number of benzene rings is 1. The highest BCUT2D eigenvalue weighted by Crippen LogP contribution is 2.21. The Morgan fingerprint density at radius 2 is 2.08 bits per heavy atom. The summed E-state index contributed by atoms with van der Waals surface area (Å²) < 4.78 is 2.02. The van der Waals surface area contributed by atoms with Crippen LogP contribution in [0.5, 0.6) is 0 Å². The fourth-order valence-corrected chi connectivity index (χ4v) is 3.06. The Morgan fingerprint density at radius 3 is 2.88 bits per heavy atom. The molecule has 0 saturated carbocycles. The number of aromatic amines is 1. The van der Waals surface area contributed by atoms with E-state index in [1.54, 1.807) is 12.4 Å². The predicted octanol–water partition coefficient (Wildman–Crippen LogP) is 3.28. The van der Waals surface area contributed by atoms with Crippen LogP contribution in [0.3, 0.4) is 0 Å². The van der Waals surface area contributed by atoms with E-state index < -0.39 is 5.97 Å². The number of carboxylic acids is 1. The Labute approximate surface area is 137 Å². The van der Waals surface area contributed by atoms with Gasteiger partial charge in [-0.15, -0.1) is 0 Å². The molecule has 3 aromatic heterocycles. The number of carbonyl (C=O) groups is 1. The molecule has 0 saturated heterocycles. The molecule has 4 rings (SSSR count). The fraction of sp³-hybridized carbons (Fsp3) is 0.167. The molecule has 0 bridgehead atoms. The van der Waals surface area contributed by atoms with E-state index in [2.05, 4.69) is 15.0 Å². The second kappa shape index (κ2) is 5.19. The minimum absolute atomic E-state index is 0.197. The number of aryl methyl sites for hydroxylation is 2. The molecule has 1 aromatic carbocycles. The number of hydrogen-bond acceptors (Lipinski definition) is 3. The summed E-state index contributed by atoms with van der Waals surface area (Å²) in [4.78, 5) is 23.0. The summed E-state index contributed by atoms with van der Waals surface area (Å²) in [6.07, 6.45) is 1.80. The zero-order chi connectivity index (χ0) is 16.8. The molecular formula is C18H16N4O2. The molecule has 3 heterocycles. The summed E-state index contributed by atoms with van der Waals surface area (Å²) in [6, 6.07) is 9.56. The molecule has 0 aliphatic carbocycles. The van der Waals surface area contributed by atoms with Crippen LogP contribution >= 0.6 is 0 Å². The summed E-state index contributed by atoms with van der Waals surface area (Å²) in [5.41, 5.74) is 5.94. The molecule has 6 nitrogen and oxygen atoms in total. The van der Waals surface area contributed by atoms with Crippen molar-refractivity contribution in [3.63, 3.8) is 0 Å². The summed E-state index contributed by atoms with van der Waals surface area (Å²) in [5.74, 6) is -0.955. The van der Waals surface area contributed by atoms with Crippen molar-refractivity contribution in [1.29, 1.82) is 0 Å². The maximum atomic E-state index is 11.1. The minimum atomic E-state index is -0.955. The number of rotatable bonds is 3. The second-order valence-electron chi connectivity index (χ2n) is 6.03. The third-order valence-electron chi connectivity index (χ3n) is 4.16. The van der Waals surface area contributed by atoms with E-state index in [0.29, 0.717) is 6.54 Å². The Bertz CT molecular complexity index is 1090.